The third-order valence-corrected chi connectivity index (χ3v) is 3.78. The van der Waals surface area contributed by atoms with E-state index in [1.165, 1.54) is 12.6 Å². The molecular weight excluding hydrogens is 286 g/mol. The van der Waals surface area contributed by atoms with Gasteiger partial charge in [0.25, 0.3) is 5.91 Å². The number of carbonyl (C=O) groups excluding carboxylic acids is 1. The molecule has 0 aliphatic heterocycles. The lowest BCUT2D eigenvalue weighted by Crippen LogP contribution is -2.37. The molecule has 1 aliphatic rings. The first-order chi connectivity index (χ1) is 10.2. The highest BCUT2D eigenvalue weighted by atomic mass is 35.5. The Labute approximate surface area is 129 Å². The van der Waals surface area contributed by atoms with Crippen LogP contribution in [0.3, 0.4) is 0 Å². The maximum atomic E-state index is 12.1. The van der Waals surface area contributed by atoms with Crippen molar-refractivity contribution in [3.05, 3.63) is 41.1 Å². The van der Waals surface area contributed by atoms with Crippen molar-refractivity contribution < 1.29 is 4.79 Å². The summed E-state index contributed by atoms with van der Waals surface area (Å²) in [5, 5.41) is 15.6. The van der Waals surface area contributed by atoms with Crippen LogP contribution in [0.2, 0.25) is 5.02 Å². The van der Waals surface area contributed by atoms with Crippen LogP contribution in [0, 0.1) is 11.3 Å². The van der Waals surface area contributed by atoms with Crippen molar-refractivity contribution in [1.82, 2.24) is 5.32 Å². The Morgan fingerprint density at radius 1 is 1.24 bits per heavy atom. The van der Waals surface area contributed by atoms with Gasteiger partial charge in [-0.1, -0.05) is 30.9 Å². The number of nitrogens with one attached hydrogen (secondary N) is 2. The van der Waals surface area contributed by atoms with E-state index in [1.54, 1.807) is 24.3 Å². The number of nitrogens with zero attached hydrogens (tertiary/aromatic N) is 1. The van der Waals surface area contributed by atoms with E-state index >= 15 is 0 Å². The number of benzene rings is 1. The lowest BCUT2D eigenvalue weighted by atomic mass is 9.95. The lowest BCUT2D eigenvalue weighted by molar-refractivity contribution is -0.118. The van der Waals surface area contributed by atoms with Crippen LogP contribution in [0.1, 0.15) is 32.1 Å². The Hall–Kier alpha value is -1.99. The van der Waals surface area contributed by atoms with Gasteiger partial charge in [0.1, 0.15) is 11.6 Å². The number of rotatable bonds is 4. The molecule has 5 heteroatoms. The summed E-state index contributed by atoms with van der Waals surface area (Å²) in [4.78, 5) is 12.1. The summed E-state index contributed by atoms with van der Waals surface area (Å²) in [7, 11) is 0. The van der Waals surface area contributed by atoms with Crippen molar-refractivity contribution >= 4 is 23.2 Å². The first-order valence-electron chi connectivity index (χ1n) is 7.12. The molecule has 0 atom stereocenters. The molecule has 0 saturated heterocycles. The topological polar surface area (TPSA) is 64.9 Å². The van der Waals surface area contributed by atoms with Crippen molar-refractivity contribution in [2.24, 2.45) is 0 Å². The van der Waals surface area contributed by atoms with Crippen LogP contribution in [0.15, 0.2) is 36.0 Å². The molecule has 1 aliphatic carbocycles. The van der Waals surface area contributed by atoms with Gasteiger partial charge < -0.3 is 10.6 Å². The summed E-state index contributed by atoms with van der Waals surface area (Å²) in [5.74, 6) is -0.314. The molecule has 0 unspecified atom stereocenters. The first kappa shape index (κ1) is 15.4. The highest BCUT2D eigenvalue weighted by Crippen LogP contribution is 2.18. The maximum absolute atomic E-state index is 12.1. The largest absolute Gasteiger partial charge is 0.360 e. The summed E-state index contributed by atoms with van der Waals surface area (Å²) >= 11 is 5.80. The quantitative estimate of drug-likeness (QED) is 0.659. The number of halogens is 1. The van der Waals surface area contributed by atoms with Gasteiger partial charge in [-0.2, -0.15) is 5.26 Å². The van der Waals surface area contributed by atoms with Crippen LogP contribution in [0.5, 0.6) is 0 Å². The second kappa shape index (κ2) is 7.70. The maximum Gasteiger partial charge on any atom is 0.263 e. The molecule has 0 aromatic heterocycles. The minimum Gasteiger partial charge on any atom is -0.360 e. The van der Waals surface area contributed by atoms with Gasteiger partial charge in [0, 0.05) is 23.0 Å². The summed E-state index contributed by atoms with van der Waals surface area (Å²) in [6.45, 7) is 0. The van der Waals surface area contributed by atoms with Crippen LogP contribution in [-0.4, -0.2) is 11.9 Å². The van der Waals surface area contributed by atoms with Crippen molar-refractivity contribution in [3.63, 3.8) is 0 Å². The summed E-state index contributed by atoms with van der Waals surface area (Å²) in [6.07, 6.45) is 6.93. The molecule has 1 amide bonds. The molecule has 21 heavy (non-hydrogen) atoms. The van der Waals surface area contributed by atoms with Crippen LogP contribution < -0.4 is 10.6 Å². The lowest BCUT2D eigenvalue weighted by Gasteiger charge is -2.22. The predicted octanol–water partition coefficient (Wildman–Crippen LogP) is 3.61. The van der Waals surface area contributed by atoms with E-state index in [4.69, 9.17) is 16.9 Å². The average Bonchev–Trinajstić information content (AvgIpc) is 2.51. The Balaban J connectivity index is 1.94. The van der Waals surface area contributed by atoms with E-state index in [2.05, 4.69) is 10.6 Å². The zero-order valence-corrected chi connectivity index (χ0v) is 12.5. The zero-order chi connectivity index (χ0) is 15.1. The molecule has 0 spiro atoms. The number of amides is 1. The number of nitriles is 1. The first-order valence-corrected chi connectivity index (χ1v) is 7.50. The van der Waals surface area contributed by atoms with Gasteiger partial charge in [-0.05, 0) is 37.1 Å². The second-order valence-electron chi connectivity index (χ2n) is 5.13. The minimum absolute atomic E-state index is 0.0792. The standard InChI is InChI=1S/C16H18ClN3O/c17-13-6-8-14(9-7-13)19-11-12(10-18)16(21)20-15-4-2-1-3-5-15/h6-9,11,15,19H,1-5H2,(H,20,21)/b12-11-. The molecule has 1 aromatic rings. The van der Waals surface area contributed by atoms with Crippen LogP contribution in [0.4, 0.5) is 5.69 Å². The van der Waals surface area contributed by atoms with Gasteiger partial charge in [0.2, 0.25) is 0 Å². The Morgan fingerprint density at radius 3 is 2.52 bits per heavy atom. The SMILES string of the molecule is N#C/C(=C/Nc1ccc(Cl)cc1)C(=O)NC1CCCCC1. The number of hydrogen-bond donors (Lipinski definition) is 2. The van der Waals surface area contributed by atoms with Crippen LogP contribution in [0.25, 0.3) is 0 Å². The molecule has 0 heterocycles. The summed E-state index contributed by atoms with van der Waals surface area (Å²) in [6, 6.07) is 9.18. The van der Waals surface area contributed by atoms with Crippen molar-refractivity contribution in [2.75, 3.05) is 5.32 Å². The molecule has 0 radical (unpaired) electrons. The molecule has 2 N–H and O–H groups in total. The van der Waals surface area contributed by atoms with Crippen molar-refractivity contribution in [1.29, 1.82) is 5.26 Å². The van der Waals surface area contributed by atoms with Gasteiger partial charge in [-0.15, -0.1) is 0 Å². The molecule has 1 aromatic carbocycles. The third kappa shape index (κ3) is 4.80. The smallest absolute Gasteiger partial charge is 0.263 e. The van der Waals surface area contributed by atoms with E-state index in [0.29, 0.717) is 5.02 Å². The number of carbonyl (C=O) groups is 1. The van der Waals surface area contributed by atoms with Gasteiger partial charge in [-0.3, -0.25) is 4.79 Å². The van der Waals surface area contributed by atoms with Gasteiger partial charge in [0.05, 0.1) is 0 Å². The molecular formula is C16H18ClN3O. The molecule has 4 nitrogen and oxygen atoms in total. The van der Waals surface area contributed by atoms with E-state index in [-0.39, 0.29) is 17.5 Å². The summed E-state index contributed by atoms with van der Waals surface area (Å²) < 4.78 is 0. The fraction of sp³-hybridized carbons (Fsp3) is 0.375. The van der Waals surface area contributed by atoms with Gasteiger partial charge in [-0.25, -0.2) is 0 Å². The highest BCUT2D eigenvalue weighted by molar-refractivity contribution is 6.30. The highest BCUT2D eigenvalue weighted by Gasteiger charge is 2.17. The second-order valence-corrected chi connectivity index (χ2v) is 5.57. The normalized spacial score (nSPS) is 16.1. The van der Waals surface area contributed by atoms with Crippen LogP contribution >= 0.6 is 11.6 Å². The molecule has 1 fully saturated rings. The van der Waals surface area contributed by atoms with Crippen molar-refractivity contribution in [3.8, 4) is 6.07 Å². The fourth-order valence-electron chi connectivity index (χ4n) is 2.36. The molecule has 110 valence electrons. The van der Waals surface area contributed by atoms with E-state index in [1.807, 2.05) is 6.07 Å². The van der Waals surface area contributed by atoms with E-state index in [9.17, 15) is 4.79 Å². The molecule has 2 rings (SSSR count). The van der Waals surface area contributed by atoms with Gasteiger partial charge >= 0.3 is 0 Å². The number of hydrogen-bond acceptors (Lipinski definition) is 3. The summed E-state index contributed by atoms with van der Waals surface area (Å²) in [5.41, 5.74) is 0.855. The number of anilines is 1. The minimum atomic E-state index is -0.314. The Kier molecular flexibility index (Phi) is 5.65. The predicted molar refractivity (Wildman–Crippen MR) is 83.8 cm³/mol. The van der Waals surface area contributed by atoms with Crippen molar-refractivity contribution in [2.45, 2.75) is 38.1 Å². The zero-order valence-electron chi connectivity index (χ0n) is 11.7. The van der Waals surface area contributed by atoms with E-state index < -0.39 is 0 Å². The third-order valence-electron chi connectivity index (χ3n) is 3.53. The monoisotopic (exact) mass is 303 g/mol. The fourth-order valence-corrected chi connectivity index (χ4v) is 2.49. The molecule has 0 bridgehead atoms. The Bertz CT molecular complexity index is 554. The Morgan fingerprint density at radius 2 is 1.90 bits per heavy atom. The van der Waals surface area contributed by atoms with Crippen LogP contribution in [-0.2, 0) is 4.79 Å². The van der Waals surface area contributed by atoms with E-state index in [0.717, 1.165) is 31.4 Å². The van der Waals surface area contributed by atoms with Gasteiger partial charge in [0.15, 0.2) is 0 Å². The average molecular weight is 304 g/mol. The molecule has 1 saturated carbocycles.